The van der Waals surface area contributed by atoms with Crippen LogP contribution in [0.5, 0.6) is 0 Å². The van der Waals surface area contributed by atoms with Gasteiger partial charge in [0.15, 0.2) is 0 Å². The van der Waals surface area contributed by atoms with Crippen LogP contribution in [0.2, 0.25) is 0 Å². The summed E-state index contributed by atoms with van der Waals surface area (Å²) in [6.07, 6.45) is 0.959. The third-order valence-corrected chi connectivity index (χ3v) is 5.75. The van der Waals surface area contributed by atoms with Crippen LogP contribution in [0.1, 0.15) is 18.4 Å². The highest BCUT2D eigenvalue weighted by Crippen LogP contribution is 2.24. The number of hydrogen-bond acceptors (Lipinski definition) is 3. The molecule has 0 unspecified atom stereocenters. The number of sulfonamides is 1. The van der Waals surface area contributed by atoms with Gasteiger partial charge in [0.05, 0.1) is 4.90 Å². The fourth-order valence-electron chi connectivity index (χ4n) is 2.45. The first kappa shape index (κ1) is 15.9. The van der Waals surface area contributed by atoms with Gasteiger partial charge in [-0.15, -0.1) is 0 Å². The summed E-state index contributed by atoms with van der Waals surface area (Å²) in [6, 6.07) is 3.92. The Morgan fingerprint density at radius 3 is 2.48 bits per heavy atom. The van der Waals surface area contributed by atoms with Gasteiger partial charge in [0, 0.05) is 26.1 Å². The molecular weight excluding hydrogens is 295 g/mol. The molecule has 0 aliphatic carbocycles. The number of nitrogens with one attached hydrogen (secondary N) is 1. The Hall–Kier alpha value is -1.47. The minimum Gasteiger partial charge on any atom is -0.359 e. The maximum absolute atomic E-state index is 13.6. The van der Waals surface area contributed by atoms with Crippen LogP contribution >= 0.6 is 0 Å². The van der Waals surface area contributed by atoms with Crippen molar-refractivity contribution in [3.8, 4) is 0 Å². The largest absolute Gasteiger partial charge is 0.359 e. The zero-order valence-corrected chi connectivity index (χ0v) is 12.9. The molecule has 0 aromatic heterocycles. The van der Waals surface area contributed by atoms with E-state index in [0.717, 1.165) is 6.07 Å². The Balaban J connectivity index is 2.14. The van der Waals surface area contributed by atoms with Crippen molar-refractivity contribution in [2.24, 2.45) is 5.92 Å². The maximum Gasteiger partial charge on any atom is 0.243 e. The lowest BCUT2D eigenvalue weighted by Gasteiger charge is -2.30. The third-order valence-electron chi connectivity index (χ3n) is 3.85. The van der Waals surface area contributed by atoms with Crippen LogP contribution in [0.4, 0.5) is 4.39 Å². The highest BCUT2D eigenvalue weighted by Gasteiger charge is 2.31. The summed E-state index contributed by atoms with van der Waals surface area (Å²) in [6.45, 7) is 2.13. The van der Waals surface area contributed by atoms with Gasteiger partial charge in [-0.25, -0.2) is 12.8 Å². The number of carbonyl (C=O) groups is 1. The molecule has 0 bridgehead atoms. The van der Waals surface area contributed by atoms with Gasteiger partial charge in [0.2, 0.25) is 15.9 Å². The molecule has 1 aromatic carbocycles. The third kappa shape index (κ3) is 3.24. The number of amides is 1. The summed E-state index contributed by atoms with van der Waals surface area (Å²) in [5, 5.41) is 2.58. The number of carbonyl (C=O) groups excluding carboxylic acids is 1. The van der Waals surface area contributed by atoms with Gasteiger partial charge in [-0.05, 0) is 37.5 Å². The van der Waals surface area contributed by atoms with E-state index >= 15 is 0 Å². The predicted octanol–water partition coefficient (Wildman–Crippen LogP) is 1.28. The van der Waals surface area contributed by atoms with Gasteiger partial charge in [-0.3, -0.25) is 4.79 Å². The molecule has 0 saturated carbocycles. The normalized spacial score (nSPS) is 17.7. The van der Waals surface area contributed by atoms with Crippen molar-refractivity contribution in [2.75, 3.05) is 20.1 Å². The van der Waals surface area contributed by atoms with Crippen molar-refractivity contribution in [1.29, 1.82) is 0 Å². The molecule has 5 nitrogen and oxygen atoms in total. The molecule has 1 aromatic rings. The van der Waals surface area contributed by atoms with E-state index in [-0.39, 0.29) is 29.8 Å². The number of piperidine rings is 1. The van der Waals surface area contributed by atoms with Crippen LogP contribution in [0.3, 0.4) is 0 Å². The lowest BCUT2D eigenvalue weighted by atomic mass is 9.97. The van der Waals surface area contributed by atoms with Crippen LogP contribution in [0, 0.1) is 18.7 Å². The molecular formula is C14H19FN2O3S. The summed E-state index contributed by atoms with van der Waals surface area (Å²) in [7, 11) is -2.13. The first-order valence-corrected chi connectivity index (χ1v) is 8.28. The van der Waals surface area contributed by atoms with E-state index in [4.69, 9.17) is 0 Å². The SMILES string of the molecule is CNC(=O)C1CCN(S(=O)(=O)c2ccc(C)c(F)c2)CC1. The van der Waals surface area contributed by atoms with Crippen LogP contribution in [-0.2, 0) is 14.8 Å². The molecule has 2 rings (SSSR count). The van der Waals surface area contributed by atoms with Crippen molar-refractivity contribution >= 4 is 15.9 Å². The van der Waals surface area contributed by atoms with Gasteiger partial charge >= 0.3 is 0 Å². The van der Waals surface area contributed by atoms with Crippen molar-refractivity contribution in [3.05, 3.63) is 29.6 Å². The minimum absolute atomic E-state index is 0.0380. The molecule has 21 heavy (non-hydrogen) atoms. The molecule has 0 atom stereocenters. The second-order valence-electron chi connectivity index (χ2n) is 5.20. The summed E-state index contributed by atoms with van der Waals surface area (Å²) in [5.41, 5.74) is 0.410. The maximum atomic E-state index is 13.6. The molecule has 1 fully saturated rings. The minimum atomic E-state index is -3.70. The highest BCUT2D eigenvalue weighted by molar-refractivity contribution is 7.89. The molecule has 1 heterocycles. The average molecular weight is 314 g/mol. The van der Waals surface area contributed by atoms with Crippen molar-refractivity contribution in [1.82, 2.24) is 9.62 Å². The first-order valence-electron chi connectivity index (χ1n) is 6.84. The fourth-order valence-corrected chi connectivity index (χ4v) is 3.93. The van der Waals surface area contributed by atoms with Crippen LogP contribution < -0.4 is 5.32 Å². The van der Waals surface area contributed by atoms with Crippen molar-refractivity contribution in [2.45, 2.75) is 24.7 Å². The molecule has 0 radical (unpaired) electrons. The molecule has 7 heteroatoms. The number of aryl methyl sites for hydroxylation is 1. The van der Waals surface area contributed by atoms with E-state index in [0.29, 0.717) is 18.4 Å². The van der Waals surface area contributed by atoms with E-state index in [1.807, 2.05) is 0 Å². The van der Waals surface area contributed by atoms with Crippen molar-refractivity contribution in [3.63, 3.8) is 0 Å². The molecule has 116 valence electrons. The summed E-state index contributed by atoms with van der Waals surface area (Å²) >= 11 is 0. The smallest absolute Gasteiger partial charge is 0.243 e. The van der Waals surface area contributed by atoms with Crippen LogP contribution in [-0.4, -0.2) is 38.8 Å². The Morgan fingerprint density at radius 2 is 1.95 bits per heavy atom. The molecule has 1 aliphatic heterocycles. The van der Waals surface area contributed by atoms with Crippen molar-refractivity contribution < 1.29 is 17.6 Å². The lowest BCUT2D eigenvalue weighted by Crippen LogP contribution is -2.42. The molecule has 1 saturated heterocycles. The van der Waals surface area contributed by atoms with E-state index < -0.39 is 15.8 Å². The van der Waals surface area contributed by atoms with Gasteiger partial charge in [0.25, 0.3) is 0 Å². The van der Waals surface area contributed by atoms with Crippen LogP contribution in [0.15, 0.2) is 23.1 Å². The molecule has 0 spiro atoms. The quantitative estimate of drug-likeness (QED) is 0.914. The zero-order chi connectivity index (χ0) is 15.6. The number of benzene rings is 1. The van der Waals surface area contributed by atoms with E-state index in [1.165, 1.54) is 16.4 Å². The number of hydrogen-bond donors (Lipinski definition) is 1. The van der Waals surface area contributed by atoms with E-state index in [1.54, 1.807) is 14.0 Å². The topological polar surface area (TPSA) is 66.5 Å². The van der Waals surface area contributed by atoms with Gasteiger partial charge in [-0.2, -0.15) is 4.31 Å². The summed E-state index contributed by atoms with van der Waals surface area (Å²) < 4.78 is 39.8. The monoisotopic (exact) mass is 314 g/mol. The molecule has 1 aliphatic rings. The summed E-state index contributed by atoms with van der Waals surface area (Å²) in [5.74, 6) is -0.749. The van der Waals surface area contributed by atoms with E-state index in [9.17, 15) is 17.6 Å². The average Bonchev–Trinajstić information content (AvgIpc) is 2.49. The van der Waals surface area contributed by atoms with Crippen LogP contribution in [0.25, 0.3) is 0 Å². The molecule has 1 N–H and O–H groups in total. The molecule has 1 amide bonds. The Kier molecular flexibility index (Phi) is 4.63. The second-order valence-corrected chi connectivity index (χ2v) is 7.14. The predicted molar refractivity (Wildman–Crippen MR) is 76.7 cm³/mol. The van der Waals surface area contributed by atoms with Gasteiger partial charge in [-0.1, -0.05) is 6.07 Å². The Morgan fingerprint density at radius 1 is 1.33 bits per heavy atom. The van der Waals surface area contributed by atoms with Gasteiger partial charge < -0.3 is 5.32 Å². The second kappa shape index (κ2) is 6.11. The zero-order valence-electron chi connectivity index (χ0n) is 12.1. The Labute approximate surface area is 124 Å². The standard InChI is InChI=1S/C14H19FN2O3S/c1-10-3-4-12(9-13(10)15)21(19,20)17-7-5-11(6-8-17)14(18)16-2/h3-4,9,11H,5-8H2,1-2H3,(H,16,18). The lowest BCUT2D eigenvalue weighted by molar-refractivity contribution is -0.125. The first-order chi connectivity index (χ1) is 9.86. The Bertz CT molecular complexity index is 638. The number of nitrogens with zero attached hydrogens (tertiary/aromatic N) is 1. The number of halogens is 1. The highest BCUT2D eigenvalue weighted by atomic mass is 32.2. The fraction of sp³-hybridized carbons (Fsp3) is 0.500. The van der Waals surface area contributed by atoms with E-state index in [2.05, 4.69) is 5.32 Å². The summed E-state index contributed by atoms with van der Waals surface area (Å²) in [4.78, 5) is 11.5. The van der Waals surface area contributed by atoms with Gasteiger partial charge in [0.1, 0.15) is 5.82 Å². The number of rotatable bonds is 3.